The summed E-state index contributed by atoms with van der Waals surface area (Å²) in [6.07, 6.45) is -0.214. The maximum absolute atomic E-state index is 5.75. The van der Waals surface area contributed by atoms with Gasteiger partial charge >= 0.3 is 0 Å². The van der Waals surface area contributed by atoms with E-state index >= 15 is 0 Å². The van der Waals surface area contributed by atoms with Crippen LogP contribution in [0.2, 0.25) is 0 Å². The lowest BCUT2D eigenvalue weighted by molar-refractivity contribution is 0.00718. The first-order chi connectivity index (χ1) is 9.32. The van der Waals surface area contributed by atoms with E-state index in [0.717, 1.165) is 16.8 Å². The van der Waals surface area contributed by atoms with Crippen molar-refractivity contribution in [3.63, 3.8) is 0 Å². The first-order valence-corrected chi connectivity index (χ1v) is 6.56. The van der Waals surface area contributed by atoms with Crippen LogP contribution < -0.4 is 5.73 Å². The molecular formula is C15H21N3O2. The molecular weight excluding hydrogens is 254 g/mol. The van der Waals surface area contributed by atoms with Crippen molar-refractivity contribution in [3.05, 3.63) is 29.6 Å². The number of aryl methyl sites for hydroxylation is 1. The molecule has 2 rings (SSSR count). The van der Waals surface area contributed by atoms with Gasteiger partial charge in [0, 0.05) is 18.4 Å². The summed E-state index contributed by atoms with van der Waals surface area (Å²) in [5, 5.41) is 4.05. The van der Waals surface area contributed by atoms with Crippen LogP contribution in [0, 0.1) is 12.3 Å². The van der Waals surface area contributed by atoms with Gasteiger partial charge in [-0.05, 0) is 36.1 Å². The van der Waals surface area contributed by atoms with E-state index in [2.05, 4.69) is 30.9 Å². The summed E-state index contributed by atoms with van der Waals surface area (Å²) >= 11 is 0. The number of nitrogens with zero attached hydrogens (tertiary/aromatic N) is 2. The van der Waals surface area contributed by atoms with Gasteiger partial charge in [0.05, 0.1) is 0 Å². The van der Waals surface area contributed by atoms with Gasteiger partial charge in [0.15, 0.2) is 0 Å². The van der Waals surface area contributed by atoms with Crippen molar-refractivity contribution in [2.75, 3.05) is 12.8 Å². The van der Waals surface area contributed by atoms with Crippen LogP contribution in [-0.4, -0.2) is 17.3 Å². The lowest BCUT2D eigenvalue weighted by Crippen LogP contribution is -2.21. The van der Waals surface area contributed by atoms with E-state index in [-0.39, 0.29) is 11.5 Å². The van der Waals surface area contributed by atoms with E-state index in [1.165, 1.54) is 0 Å². The summed E-state index contributed by atoms with van der Waals surface area (Å²) < 4.78 is 10.9. The Hall–Kier alpha value is -1.88. The molecule has 0 aliphatic rings. The maximum Gasteiger partial charge on any atom is 0.258 e. The predicted molar refractivity (Wildman–Crippen MR) is 78.1 cm³/mol. The Kier molecular flexibility index (Phi) is 3.81. The van der Waals surface area contributed by atoms with Gasteiger partial charge in [-0.2, -0.15) is 4.98 Å². The predicted octanol–water partition coefficient (Wildman–Crippen LogP) is 3.36. The van der Waals surface area contributed by atoms with Crippen LogP contribution in [0.1, 0.15) is 38.3 Å². The molecule has 20 heavy (non-hydrogen) atoms. The number of nitrogens with two attached hydrogens (primary N) is 1. The van der Waals surface area contributed by atoms with Crippen LogP contribution >= 0.6 is 0 Å². The van der Waals surface area contributed by atoms with Gasteiger partial charge < -0.3 is 15.0 Å². The SMILES string of the molecule is COC(c1noc(-c2ccc(N)cc2C)n1)C(C)(C)C. The maximum atomic E-state index is 5.75. The minimum Gasteiger partial charge on any atom is -0.399 e. The smallest absolute Gasteiger partial charge is 0.258 e. The number of aromatic nitrogens is 2. The van der Waals surface area contributed by atoms with Crippen LogP contribution in [-0.2, 0) is 4.74 Å². The molecule has 1 atom stereocenters. The number of methoxy groups -OCH3 is 1. The third-order valence-corrected chi connectivity index (χ3v) is 3.18. The van der Waals surface area contributed by atoms with E-state index in [1.54, 1.807) is 7.11 Å². The van der Waals surface area contributed by atoms with Crippen molar-refractivity contribution in [2.24, 2.45) is 5.41 Å². The number of hydrogen-bond donors (Lipinski definition) is 1. The zero-order valence-corrected chi connectivity index (χ0v) is 12.6. The molecule has 2 aromatic rings. The zero-order valence-electron chi connectivity index (χ0n) is 12.6. The number of nitrogen functional groups attached to an aromatic ring is 1. The highest BCUT2D eigenvalue weighted by Gasteiger charge is 2.30. The third kappa shape index (κ3) is 2.82. The van der Waals surface area contributed by atoms with Crippen LogP contribution in [0.4, 0.5) is 5.69 Å². The first kappa shape index (κ1) is 14.5. The fourth-order valence-corrected chi connectivity index (χ4v) is 2.22. The number of ether oxygens (including phenoxy) is 1. The Morgan fingerprint density at radius 3 is 2.55 bits per heavy atom. The molecule has 1 unspecified atom stereocenters. The van der Waals surface area contributed by atoms with Gasteiger partial charge in [-0.25, -0.2) is 0 Å². The molecule has 0 radical (unpaired) electrons. The second-order valence-corrected chi connectivity index (χ2v) is 6.01. The van der Waals surface area contributed by atoms with Crippen molar-refractivity contribution in [1.29, 1.82) is 0 Å². The second-order valence-electron chi connectivity index (χ2n) is 6.01. The van der Waals surface area contributed by atoms with Gasteiger partial charge in [-0.3, -0.25) is 0 Å². The largest absolute Gasteiger partial charge is 0.399 e. The fourth-order valence-electron chi connectivity index (χ4n) is 2.22. The van der Waals surface area contributed by atoms with Gasteiger partial charge in [0.1, 0.15) is 6.10 Å². The van der Waals surface area contributed by atoms with Gasteiger partial charge in [0.25, 0.3) is 5.89 Å². The van der Waals surface area contributed by atoms with Gasteiger partial charge in [-0.15, -0.1) is 0 Å². The molecule has 5 heteroatoms. The minimum atomic E-state index is -0.214. The summed E-state index contributed by atoms with van der Waals surface area (Å²) in [5.74, 6) is 1.05. The quantitative estimate of drug-likeness (QED) is 0.869. The lowest BCUT2D eigenvalue weighted by Gasteiger charge is -2.26. The molecule has 108 valence electrons. The van der Waals surface area contributed by atoms with E-state index in [1.807, 2.05) is 25.1 Å². The molecule has 0 aliphatic heterocycles. The molecule has 0 saturated heterocycles. The topological polar surface area (TPSA) is 74.2 Å². The van der Waals surface area contributed by atoms with E-state index < -0.39 is 0 Å². The van der Waals surface area contributed by atoms with Crippen molar-refractivity contribution >= 4 is 5.69 Å². The monoisotopic (exact) mass is 275 g/mol. The molecule has 0 amide bonds. The summed E-state index contributed by atoms with van der Waals surface area (Å²) in [6, 6.07) is 5.60. The highest BCUT2D eigenvalue weighted by atomic mass is 16.5. The average molecular weight is 275 g/mol. The Bertz CT molecular complexity index is 599. The van der Waals surface area contributed by atoms with Crippen molar-refractivity contribution in [2.45, 2.75) is 33.8 Å². The summed E-state index contributed by atoms with van der Waals surface area (Å²) in [4.78, 5) is 4.47. The minimum absolute atomic E-state index is 0.105. The van der Waals surface area contributed by atoms with Crippen LogP contribution in [0.15, 0.2) is 22.7 Å². The van der Waals surface area contributed by atoms with Crippen LogP contribution in [0.5, 0.6) is 0 Å². The normalized spacial score (nSPS) is 13.4. The molecule has 1 aromatic carbocycles. The number of hydrogen-bond acceptors (Lipinski definition) is 5. The summed E-state index contributed by atoms with van der Waals surface area (Å²) in [7, 11) is 1.65. The van der Waals surface area contributed by atoms with Crippen molar-refractivity contribution in [1.82, 2.24) is 10.1 Å². The Labute approximate surface area is 119 Å². The van der Waals surface area contributed by atoms with Crippen LogP contribution in [0.25, 0.3) is 11.5 Å². The Balaban J connectivity index is 2.38. The highest BCUT2D eigenvalue weighted by Crippen LogP contribution is 2.35. The highest BCUT2D eigenvalue weighted by molar-refractivity contribution is 5.62. The lowest BCUT2D eigenvalue weighted by atomic mass is 9.88. The molecule has 0 aliphatic carbocycles. The first-order valence-electron chi connectivity index (χ1n) is 6.56. The molecule has 0 saturated carbocycles. The third-order valence-electron chi connectivity index (χ3n) is 3.18. The Morgan fingerprint density at radius 2 is 2.00 bits per heavy atom. The van der Waals surface area contributed by atoms with E-state index in [4.69, 9.17) is 15.0 Å². The molecule has 1 heterocycles. The van der Waals surface area contributed by atoms with Crippen molar-refractivity contribution in [3.8, 4) is 11.5 Å². The molecule has 0 spiro atoms. The van der Waals surface area contributed by atoms with Crippen molar-refractivity contribution < 1.29 is 9.26 Å². The van der Waals surface area contributed by atoms with Gasteiger partial charge in [-0.1, -0.05) is 25.9 Å². The second kappa shape index (κ2) is 5.25. The van der Waals surface area contributed by atoms with E-state index in [9.17, 15) is 0 Å². The zero-order chi connectivity index (χ0) is 14.9. The summed E-state index contributed by atoms with van der Waals surface area (Å²) in [6.45, 7) is 8.19. The standard InChI is InChI=1S/C15H21N3O2/c1-9-8-10(16)6-7-11(9)14-17-13(18-20-14)12(19-5)15(2,3)4/h6-8,12H,16H2,1-5H3. The molecule has 0 fully saturated rings. The van der Waals surface area contributed by atoms with Crippen LogP contribution in [0.3, 0.4) is 0 Å². The number of rotatable bonds is 3. The fraction of sp³-hybridized carbons (Fsp3) is 0.467. The molecule has 0 bridgehead atoms. The number of benzene rings is 1. The Morgan fingerprint density at radius 1 is 1.30 bits per heavy atom. The molecule has 1 aromatic heterocycles. The summed E-state index contributed by atoms with van der Waals surface area (Å²) in [5.41, 5.74) is 8.26. The number of anilines is 1. The van der Waals surface area contributed by atoms with E-state index in [0.29, 0.717) is 11.7 Å². The average Bonchev–Trinajstić information content (AvgIpc) is 2.77. The van der Waals surface area contributed by atoms with Gasteiger partial charge in [0.2, 0.25) is 5.82 Å². The molecule has 5 nitrogen and oxygen atoms in total. The molecule has 2 N–H and O–H groups in total.